The second kappa shape index (κ2) is 7.27. The molecule has 2 aliphatic heterocycles. The third-order valence-electron chi connectivity index (χ3n) is 4.35. The number of hydrogen-bond donors (Lipinski definition) is 1. The highest BCUT2D eigenvalue weighted by Crippen LogP contribution is 2.17. The maximum absolute atomic E-state index is 12.3. The second-order valence-electron chi connectivity index (χ2n) is 6.11. The van der Waals surface area contributed by atoms with Crippen molar-refractivity contribution in [2.75, 3.05) is 38.1 Å². The van der Waals surface area contributed by atoms with Crippen LogP contribution < -0.4 is 5.32 Å². The number of carbonyl (C=O) groups is 1. The van der Waals surface area contributed by atoms with Crippen LogP contribution >= 0.6 is 12.2 Å². The molecule has 2 aliphatic rings. The molecule has 0 saturated carbocycles. The molecule has 2 fully saturated rings. The van der Waals surface area contributed by atoms with Crippen LogP contribution in [0.3, 0.4) is 0 Å². The number of rotatable bonds is 2. The molecule has 2 saturated heterocycles. The molecule has 0 spiro atoms. The zero-order valence-corrected chi connectivity index (χ0v) is 14.3. The number of piperazine rings is 1. The summed E-state index contributed by atoms with van der Waals surface area (Å²) in [6.45, 7) is 5.69. The van der Waals surface area contributed by atoms with E-state index in [0.29, 0.717) is 19.7 Å². The van der Waals surface area contributed by atoms with Crippen molar-refractivity contribution in [1.82, 2.24) is 9.80 Å². The predicted molar refractivity (Wildman–Crippen MR) is 94.5 cm³/mol. The van der Waals surface area contributed by atoms with Crippen molar-refractivity contribution < 1.29 is 9.53 Å². The molecule has 6 heteroatoms. The summed E-state index contributed by atoms with van der Waals surface area (Å²) in [5.41, 5.74) is 2.21. The van der Waals surface area contributed by atoms with Gasteiger partial charge in [0.15, 0.2) is 5.11 Å². The summed E-state index contributed by atoms with van der Waals surface area (Å²) in [6.07, 6.45) is 1.62. The molecular formula is C17H23N3O2S. The quantitative estimate of drug-likeness (QED) is 0.839. The minimum atomic E-state index is -0.223. The second-order valence-corrected chi connectivity index (χ2v) is 6.50. The normalized spacial score (nSPS) is 21.3. The van der Waals surface area contributed by atoms with Crippen LogP contribution in [0.1, 0.15) is 18.4 Å². The Morgan fingerprint density at radius 3 is 2.65 bits per heavy atom. The fourth-order valence-corrected chi connectivity index (χ4v) is 3.33. The van der Waals surface area contributed by atoms with E-state index in [2.05, 4.69) is 29.3 Å². The number of amides is 1. The van der Waals surface area contributed by atoms with Crippen molar-refractivity contribution in [3.05, 3.63) is 29.8 Å². The Balaban J connectivity index is 1.50. The van der Waals surface area contributed by atoms with E-state index in [4.69, 9.17) is 17.0 Å². The van der Waals surface area contributed by atoms with Crippen molar-refractivity contribution in [1.29, 1.82) is 0 Å². The molecule has 1 amide bonds. The molecule has 2 heterocycles. The van der Waals surface area contributed by atoms with Gasteiger partial charge in [-0.05, 0) is 49.7 Å². The number of ether oxygens (including phenoxy) is 1. The molecule has 1 atom stereocenters. The van der Waals surface area contributed by atoms with Crippen LogP contribution in [-0.2, 0) is 9.53 Å². The van der Waals surface area contributed by atoms with E-state index in [-0.39, 0.29) is 12.0 Å². The van der Waals surface area contributed by atoms with Crippen molar-refractivity contribution in [3.8, 4) is 0 Å². The third-order valence-corrected chi connectivity index (χ3v) is 4.71. The lowest BCUT2D eigenvalue weighted by Gasteiger charge is -2.37. The number of hydrogen-bond acceptors (Lipinski definition) is 3. The van der Waals surface area contributed by atoms with E-state index in [1.807, 2.05) is 17.0 Å². The molecule has 1 aromatic rings. The summed E-state index contributed by atoms with van der Waals surface area (Å²) >= 11 is 5.50. The molecule has 1 aromatic carbocycles. The Morgan fingerprint density at radius 1 is 1.26 bits per heavy atom. The number of aryl methyl sites for hydroxylation is 1. The van der Waals surface area contributed by atoms with E-state index < -0.39 is 0 Å². The molecule has 1 N–H and O–H groups in total. The van der Waals surface area contributed by atoms with Gasteiger partial charge in [-0.15, -0.1) is 0 Å². The Kier molecular flexibility index (Phi) is 5.13. The topological polar surface area (TPSA) is 44.8 Å². The smallest absolute Gasteiger partial charge is 0.251 e. The Bertz CT molecular complexity index is 579. The van der Waals surface area contributed by atoms with Gasteiger partial charge in [0, 0.05) is 38.5 Å². The number of thiocarbonyl (C=S) groups is 1. The highest BCUT2D eigenvalue weighted by atomic mass is 32.1. The van der Waals surface area contributed by atoms with E-state index in [1.165, 1.54) is 5.56 Å². The summed E-state index contributed by atoms with van der Waals surface area (Å²) in [5.74, 6) is 0.139. The highest BCUT2D eigenvalue weighted by molar-refractivity contribution is 7.80. The number of nitrogens with zero attached hydrogens (tertiary/aromatic N) is 2. The van der Waals surface area contributed by atoms with Gasteiger partial charge in [-0.25, -0.2) is 0 Å². The third kappa shape index (κ3) is 4.00. The molecule has 0 aromatic heterocycles. The van der Waals surface area contributed by atoms with Gasteiger partial charge in [0.05, 0.1) is 0 Å². The fourth-order valence-electron chi connectivity index (χ4n) is 3.03. The van der Waals surface area contributed by atoms with E-state index in [9.17, 15) is 4.79 Å². The van der Waals surface area contributed by atoms with Crippen molar-refractivity contribution >= 4 is 28.9 Å². The molecule has 3 rings (SSSR count). The summed E-state index contributed by atoms with van der Waals surface area (Å²) < 4.78 is 5.49. The number of nitrogens with one attached hydrogen (secondary N) is 1. The van der Waals surface area contributed by atoms with Crippen LogP contribution in [0.5, 0.6) is 0 Å². The highest BCUT2D eigenvalue weighted by Gasteiger charge is 2.30. The van der Waals surface area contributed by atoms with Crippen molar-refractivity contribution in [2.45, 2.75) is 25.9 Å². The number of carbonyl (C=O) groups excluding carboxylic acids is 1. The van der Waals surface area contributed by atoms with Crippen LogP contribution in [0.2, 0.25) is 0 Å². The van der Waals surface area contributed by atoms with Crippen LogP contribution in [-0.4, -0.2) is 59.7 Å². The summed E-state index contributed by atoms with van der Waals surface area (Å²) in [4.78, 5) is 16.4. The summed E-state index contributed by atoms with van der Waals surface area (Å²) in [6, 6.07) is 8.15. The first kappa shape index (κ1) is 16.2. The standard InChI is InChI=1S/C17H23N3O2S/c1-13-4-2-5-14(12-13)18-17(23)20-9-7-19(8-10-20)16(21)15-6-3-11-22-15/h2,4-5,12,15H,3,6-11H2,1H3,(H,18,23)/t15-/m0/s1. The average Bonchev–Trinajstić information content (AvgIpc) is 3.09. The minimum absolute atomic E-state index is 0.139. The molecule has 124 valence electrons. The van der Waals surface area contributed by atoms with Gasteiger partial charge in [0.25, 0.3) is 5.91 Å². The van der Waals surface area contributed by atoms with Crippen molar-refractivity contribution in [3.63, 3.8) is 0 Å². The van der Waals surface area contributed by atoms with Gasteiger partial charge in [-0.3, -0.25) is 4.79 Å². The van der Waals surface area contributed by atoms with Gasteiger partial charge < -0.3 is 19.9 Å². The number of anilines is 1. The first-order valence-corrected chi connectivity index (χ1v) is 8.57. The zero-order chi connectivity index (χ0) is 16.2. The zero-order valence-electron chi connectivity index (χ0n) is 13.5. The largest absolute Gasteiger partial charge is 0.368 e. The SMILES string of the molecule is Cc1cccc(NC(=S)N2CCN(C(=O)[C@@H]3CCCO3)CC2)c1. The van der Waals surface area contributed by atoms with Gasteiger partial charge in [-0.2, -0.15) is 0 Å². The Hall–Kier alpha value is -1.66. The Morgan fingerprint density at radius 2 is 2.00 bits per heavy atom. The van der Waals surface area contributed by atoms with E-state index >= 15 is 0 Å². The van der Waals surface area contributed by atoms with E-state index in [1.54, 1.807) is 0 Å². The summed E-state index contributed by atoms with van der Waals surface area (Å²) in [5, 5.41) is 4.00. The monoisotopic (exact) mass is 333 g/mol. The molecule has 23 heavy (non-hydrogen) atoms. The molecule has 0 bridgehead atoms. The van der Waals surface area contributed by atoms with Gasteiger partial charge >= 0.3 is 0 Å². The lowest BCUT2D eigenvalue weighted by Crippen LogP contribution is -2.53. The summed E-state index contributed by atoms with van der Waals surface area (Å²) in [7, 11) is 0. The lowest BCUT2D eigenvalue weighted by molar-refractivity contribution is -0.142. The maximum atomic E-state index is 12.3. The van der Waals surface area contributed by atoms with Gasteiger partial charge in [0.2, 0.25) is 0 Å². The van der Waals surface area contributed by atoms with E-state index in [0.717, 1.165) is 36.7 Å². The Labute approximate surface area is 142 Å². The van der Waals surface area contributed by atoms with Gasteiger partial charge in [-0.1, -0.05) is 12.1 Å². The lowest BCUT2D eigenvalue weighted by atomic mass is 10.2. The van der Waals surface area contributed by atoms with Crippen LogP contribution in [0.25, 0.3) is 0 Å². The predicted octanol–water partition coefficient (Wildman–Crippen LogP) is 2.02. The van der Waals surface area contributed by atoms with Crippen molar-refractivity contribution in [2.24, 2.45) is 0 Å². The molecule has 0 aliphatic carbocycles. The fraction of sp³-hybridized carbons (Fsp3) is 0.529. The number of benzene rings is 1. The first-order valence-electron chi connectivity index (χ1n) is 8.16. The molecule has 0 unspecified atom stereocenters. The molecular weight excluding hydrogens is 310 g/mol. The molecule has 0 radical (unpaired) electrons. The molecule has 5 nitrogen and oxygen atoms in total. The van der Waals surface area contributed by atoms with Crippen LogP contribution in [0, 0.1) is 6.92 Å². The minimum Gasteiger partial charge on any atom is -0.368 e. The average molecular weight is 333 g/mol. The van der Waals surface area contributed by atoms with Crippen LogP contribution in [0.4, 0.5) is 5.69 Å². The van der Waals surface area contributed by atoms with Gasteiger partial charge in [0.1, 0.15) is 6.10 Å². The first-order chi connectivity index (χ1) is 11.1. The van der Waals surface area contributed by atoms with Crippen LogP contribution in [0.15, 0.2) is 24.3 Å². The maximum Gasteiger partial charge on any atom is 0.251 e.